The van der Waals surface area contributed by atoms with Crippen LogP contribution < -0.4 is 5.73 Å². The highest BCUT2D eigenvalue weighted by Gasteiger charge is 2.43. The highest BCUT2D eigenvalue weighted by molar-refractivity contribution is 7.89. The third-order valence-corrected chi connectivity index (χ3v) is 7.01. The van der Waals surface area contributed by atoms with Gasteiger partial charge < -0.3 is 10.6 Å². The van der Waals surface area contributed by atoms with Crippen molar-refractivity contribution in [3.05, 3.63) is 0 Å². The van der Waals surface area contributed by atoms with E-state index in [0.717, 1.165) is 12.8 Å². The summed E-state index contributed by atoms with van der Waals surface area (Å²) < 4.78 is 26.1. The summed E-state index contributed by atoms with van der Waals surface area (Å²) in [5.74, 6) is 0.0739. The van der Waals surface area contributed by atoms with E-state index in [4.69, 9.17) is 5.73 Å². The van der Waals surface area contributed by atoms with Gasteiger partial charge in [0.1, 0.15) is 6.04 Å². The molecule has 2 rings (SSSR count). The van der Waals surface area contributed by atoms with Crippen molar-refractivity contribution in [3.8, 4) is 0 Å². The monoisotopic (exact) mass is 331 g/mol. The van der Waals surface area contributed by atoms with E-state index in [9.17, 15) is 13.2 Å². The van der Waals surface area contributed by atoms with Crippen molar-refractivity contribution in [2.45, 2.75) is 58.5 Å². The molecule has 6 nitrogen and oxygen atoms in total. The second-order valence-electron chi connectivity index (χ2n) is 7.23. The molecular weight excluding hydrogens is 302 g/mol. The van der Waals surface area contributed by atoms with Gasteiger partial charge in [-0.25, -0.2) is 8.42 Å². The number of piperidine rings is 1. The maximum atomic E-state index is 12.8. The van der Waals surface area contributed by atoms with Crippen molar-refractivity contribution in [1.82, 2.24) is 9.21 Å². The first-order valence-electron chi connectivity index (χ1n) is 8.23. The van der Waals surface area contributed by atoms with E-state index >= 15 is 0 Å². The molecule has 2 saturated heterocycles. The van der Waals surface area contributed by atoms with E-state index in [1.165, 1.54) is 4.31 Å². The number of amides is 1. The zero-order chi connectivity index (χ0) is 16.5. The van der Waals surface area contributed by atoms with E-state index in [1.807, 2.05) is 11.8 Å². The standard InChI is InChI=1S/C15H29N3O3S/c1-4-10-22(20,21)18-8-5-6-12(18)14(19)17-9-7-13(16)15(2,3)11-17/h12-13H,4-11,16H2,1-3H3. The topological polar surface area (TPSA) is 83.7 Å². The summed E-state index contributed by atoms with van der Waals surface area (Å²) in [5.41, 5.74) is 5.99. The Hall–Kier alpha value is -0.660. The lowest BCUT2D eigenvalue weighted by Crippen LogP contribution is -2.57. The van der Waals surface area contributed by atoms with Crippen LogP contribution in [0.25, 0.3) is 0 Å². The molecule has 7 heteroatoms. The molecule has 2 unspecified atom stereocenters. The van der Waals surface area contributed by atoms with Gasteiger partial charge in [-0.3, -0.25) is 4.79 Å². The predicted molar refractivity (Wildman–Crippen MR) is 86.8 cm³/mol. The summed E-state index contributed by atoms with van der Waals surface area (Å²) in [4.78, 5) is 14.6. The van der Waals surface area contributed by atoms with Crippen molar-refractivity contribution in [1.29, 1.82) is 0 Å². The lowest BCUT2D eigenvalue weighted by Gasteiger charge is -2.43. The van der Waals surface area contributed by atoms with E-state index in [-0.39, 0.29) is 23.1 Å². The smallest absolute Gasteiger partial charge is 0.241 e. The molecule has 128 valence electrons. The molecule has 0 saturated carbocycles. The molecule has 0 spiro atoms. The number of carbonyl (C=O) groups is 1. The average molecular weight is 331 g/mol. The maximum Gasteiger partial charge on any atom is 0.241 e. The zero-order valence-corrected chi connectivity index (χ0v) is 14.7. The van der Waals surface area contributed by atoms with Crippen LogP contribution in [0, 0.1) is 5.41 Å². The van der Waals surface area contributed by atoms with Crippen molar-refractivity contribution < 1.29 is 13.2 Å². The third-order valence-electron chi connectivity index (χ3n) is 4.93. The van der Waals surface area contributed by atoms with Gasteiger partial charge in [0.05, 0.1) is 5.75 Å². The van der Waals surface area contributed by atoms with Crippen LogP contribution in [0.4, 0.5) is 0 Å². The molecule has 2 heterocycles. The fourth-order valence-electron chi connectivity index (χ4n) is 3.47. The van der Waals surface area contributed by atoms with Crippen molar-refractivity contribution >= 4 is 15.9 Å². The van der Waals surface area contributed by atoms with Gasteiger partial charge in [0.25, 0.3) is 0 Å². The molecule has 2 aliphatic heterocycles. The Morgan fingerprint density at radius 2 is 1.95 bits per heavy atom. The number of hydrogen-bond donors (Lipinski definition) is 1. The Kier molecular flexibility index (Phi) is 5.19. The second kappa shape index (κ2) is 6.45. The lowest BCUT2D eigenvalue weighted by atomic mass is 9.79. The molecule has 0 aromatic rings. The van der Waals surface area contributed by atoms with Crippen LogP contribution in [-0.2, 0) is 14.8 Å². The second-order valence-corrected chi connectivity index (χ2v) is 9.27. The first-order valence-corrected chi connectivity index (χ1v) is 9.84. The number of likely N-dealkylation sites (tertiary alicyclic amines) is 1. The van der Waals surface area contributed by atoms with Gasteiger partial charge in [0.15, 0.2) is 0 Å². The van der Waals surface area contributed by atoms with Crippen LogP contribution in [0.1, 0.15) is 46.5 Å². The summed E-state index contributed by atoms with van der Waals surface area (Å²) >= 11 is 0. The fraction of sp³-hybridized carbons (Fsp3) is 0.933. The first-order chi connectivity index (χ1) is 10.2. The molecule has 0 aromatic carbocycles. The van der Waals surface area contributed by atoms with Gasteiger partial charge in [-0.05, 0) is 31.1 Å². The van der Waals surface area contributed by atoms with Crippen molar-refractivity contribution in [2.75, 3.05) is 25.4 Å². The minimum Gasteiger partial charge on any atom is -0.341 e. The summed E-state index contributed by atoms with van der Waals surface area (Å²) in [5, 5.41) is 0. The van der Waals surface area contributed by atoms with Gasteiger partial charge in [0, 0.05) is 25.7 Å². The molecule has 0 radical (unpaired) electrons. The Bertz CT molecular complexity index is 518. The van der Waals surface area contributed by atoms with Crippen molar-refractivity contribution in [2.24, 2.45) is 11.1 Å². The quantitative estimate of drug-likeness (QED) is 0.825. The van der Waals surface area contributed by atoms with Crippen LogP contribution in [0.5, 0.6) is 0 Å². The van der Waals surface area contributed by atoms with E-state index in [2.05, 4.69) is 13.8 Å². The zero-order valence-electron chi connectivity index (χ0n) is 13.9. The summed E-state index contributed by atoms with van der Waals surface area (Å²) in [6.07, 6.45) is 2.74. The first kappa shape index (κ1) is 17.7. The Morgan fingerprint density at radius 3 is 2.55 bits per heavy atom. The number of rotatable bonds is 4. The molecule has 0 aromatic heterocycles. The van der Waals surface area contributed by atoms with Gasteiger partial charge >= 0.3 is 0 Å². The van der Waals surface area contributed by atoms with Crippen molar-refractivity contribution in [3.63, 3.8) is 0 Å². The molecule has 22 heavy (non-hydrogen) atoms. The maximum absolute atomic E-state index is 12.8. The number of hydrogen-bond acceptors (Lipinski definition) is 4. The van der Waals surface area contributed by atoms with Gasteiger partial charge in [0.2, 0.25) is 15.9 Å². The number of carbonyl (C=O) groups excluding carboxylic acids is 1. The molecule has 2 fully saturated rings. The minimum absolute atomic E-state index is 0.0443. The fourth-order valence-corrected chi connectivity index (χ4v) is 5.21. The van der Waals surface area contributed by atoms with Crippen LogP contribution >= 0.6 is 0 Å². The number of nitrogens with zero attached hydrogens (tertiary/aromatic N) is 2. The SMILES string of the molecule is CCCS(=O)(=O)N1CCCC1C(=O)N1CCC(N)C(C)(C)C1. The Balaban J connectivity index is 2.12. The van der Waals surface area contributed by atoms with Crippen LogP contribution in [0.3, 0.4) is 0 Å². The van der Waals surface area contributed by atoms with Gasteiger partial charge in [-0.1, -0.05) is 20.8 Å². The predicted octanol–water partition coefficient (Wildman–Crippen LogP) is 0.776. The Labute approximate surface area is 134 Å². The van der Waals surface area contributed by atoms with Gasteiger partial charge in [-0.15, -0.1) is 0 Å². The molecular formula is C15H29N3O3S. The van der Waals surface area contributed by atoms with E-state index in [0.29, 0.717) is 32.5 Å². The van der Waals surface area contributed by atoms with Crippen LogP contribution in [0.15, 0.2) is 0 Å². The summed E-state index contributed by atoms with van der Waals surface area (Å²) in [7, 11) is -3.32. The largest absolute Gasteiger partial charge is 0.341 e. The molecule has 0 bridgehead atoms. The van der Waals surface area contributed by atoms with E-state index in [1.54, 1.807) is 0 Å². The normalized spacial score (nSPS) is 29.7. The summed E-state index contributed by atoms with van der Waals surface area (Å²) in [6.45, 7) is 7.68. The number of sulfonamides is 1. The molecule has 2 atom stereocenters. The highest BCUT2D eigenvalue weighted by atomic mass is 32.2. The average Bonchev–Trinajstić information content (AvgIpc) is 2.91. The highest BCUT2D eigenvalue weighted by Crippen LogP contribution is 2.30. The summed E-state index contributed by atoms with van der Waals surface area (Å²) in [6, 6.07) is -0.429. The third kappa shape index (κ3) is 3.46. The minimum atomic E-state index is -3.32. The molecule has 0 aliphatic carbocycles. The van der Waals surface area contributed by atoms with Crippen LogP contribution in [0.2, 0.25) is 0 Å². The Morgan fingerprint density at radius 1 is 1.27 bits per heavy atom. The molecule has 2 N–H and O–H groups in total. The molecule has 2 aliphatic rings. The number of nitrogens with two attached hydrogens (primary N) is 1. The van der Waals surface area contributed by atoms with E-state index < -0.39 is 16.1 Å². The lowest BCUT2D eigenvalue weighted by molar-refractivity contribution is -0.138. The molecule has 1 amide bonds. The van der Waals surface area contributed by atoms with Gasteiger partial charge in [-0.2, -0.15) is 4.31 Å². The van der Waals surface area contributed by atoms with Crippen LogP contribution in [-0.4, -0.2) is 61.0 Å².